The average Bonchev–Trinajstić information content (AvgIpc) is 3.26. The van der Waals surface area contributed by atoms with Gasteiger partial charge in [-0.2, -0.15) is 0 Å². The molecule has 1 atom stereocenters. The number of anilines is 1. The molecule has 5 heteroatoms. The smallest absolute Gasteiger partial charge is 0.323 e. The third-order valence-corrected chi connectivity index (χ3v) is 6.56. The van der Waals surface area contributed by atoms with Gasteiger partial charge < -0.3 is 15.0 Å². The zero-order valence-corrected chi connectivity index (χ0v) is 18.1. The fourth-order valence-corrected chi connectivity index (χ4v) is 4.71. The van der Waals surface area contributed by atoms with Crippen molar-refractivity contribution in [3.63, 3.8) is 0 Å². The molecule has 1 aliphatic heterocycles. The Hall–Kier alpha value is -2.92. The lowest BCUT2D eigenvalue weighted by Gasteiger charge is -2.25. The molecule has 1 aliphatic rings. The number of carbonyl (C=O) groups is 1. The molecule has 4 rings (SSSR count). The molecule has 0 unspecified atom stereocenters. The number of carbonyl (C=O) groups excluding carboxylic acids is 1. The largest absolute Gasteiger partial charge is 0.489 e. The number of benzene rings is 3. The maximum atomic E-state index is 13.0. The van der Waals surface area contributed by atoms with Crippen molar-refractivity contribution in [2.24, 2.45) is 0 Å². The van der Waals surface area contributed by atoms with Crippen molar-refractivity contribution in [2.45, 2.75) is 25.8 Å². The normalized spacial score (nSPS) is 15.8. The quantitative estimate of drug-likeness (QED) is 0.539. The van der Waals surface area contributed by atoms with Crippen molar-refractivity contribution in [2.75, 3.05) is 17.6 Å². The molecule has 0 radical (unpaired) electrons. The van der Waals surface area contributed by atoms with Gasteiger partial charge in [0.15, 0.2) is 0 Å². The summed E-state index contributed by atoms with van der Waals surface area (Å²) in [5.74, 6) is 1.73. The van der Waals surface area contributed by atoms with Crippen molar-refractivity contribution >= 4 is 23.5 Å². The van der Waals surface area contributed by atoms with Gasteiger partial charge in [-0.05, 0) is 60.4 Å². The number of hydrogen-bond donors (Lipinski definition) is 1. The molecule has 30 heavy (non-hydrogen) atoms. The van der Waals surface area contributed by atoms with Gasteiger partial charge >= 0.3 is 6.03 Å². The van der Waals surface area contributed by atoms with Crippen LogP contribution in [0.15, 0.2) is 72.8 Å². The van der Waals surface area contributed by atoms with Gasteiger partial charge in [0.2, 0.25) is 0 Å². The zero-order valence-electron chi connectivity index (χ0n) is 17.3. The van der Waals surface area contributed by atoms with Crippen LogP contribution in [0.4, 0.5) is 10.5 Å². The van der Waals surface area contributed by atoms with Crippen LogP contribution in [0, 0.1) is 13.8 Å². The Bertz CT molecular complexity index is 1020. The number of amides is 2. The molecule has 1 heterocycles. The van der Waals surface area contributed by atoms with Gasteiger partial charge in [0, 0.05) is 18.0 Å². The van der Waals surface area contributed by atoms with Crippen LogP contribution in [0.1, 0.15) is 27.6 Å². The molecule has 1 fully saturated rings. The predicted octanol–water partition coefficient (Wildman–Crippen LogP) is 6.16. The van der Waals surface area contributed by atoms with Gasteiger partial charge in [0.1, 0.15) is 17.7 Å². The van der Waals surface area contributed by atoms with Crippen molar-refractivity contribution in [3.05, 3.63) is 95.1 Å². The van der Waals surface area contributed by atoms with Crippen LogP contribution < -0.4 is 10.1 Å². The van der Waals surface area contributed by atoms with E-state index in [0.29, 0.717) is 6.61 Å². The number of hydrogen-bond acceptors (Lipinski definition) is 3. The van der Waals surface area contributed by atoms with E-state index in [1.807, 2.05) is 59.5 Å². The number of urea groups is 1. The molecule has 0 saturated carbocycles. The number of nitrogens with one attached hydrogen (secondary N) is 1. The Morgan fingerprint density at radius 3 is 2.67 bits per heavy atom. The summed E-state index contributed by atoms with van der Waals surface area (Å²) in [5.41, 5.74) is 5.43. The van der Waals surface area contributed by atoms with Crippen LogP contribution in [0.5, 0.6) is 5.75 Å². The van der Waals surface area contributed by atoms with Crippen LogP contribution in [0.2, 0.25) is 0 Å². The van der Waals surface area contributed by atoms with Gasteiger partial charge in [-0.3, -0.25) is 0 Å². The van der Waals surface area contributed by atoms with Crippen molar-refractivity contribution in [1.29, 1.82) is 0 Å². The van der Waals surface area contributed by atoms with Crippen LogP contribution in [0.3, 0.4) is 0 Å². The Labute approximate surface area is 182 Å². The molecule has 154 valence electrons. The highest BCUT2D eigenvalue weighted by molar-refractivity contribution is 7.99. The van der Waals surface area contributed by atoms with Gasteiger partial charge in [0.25, 0.3) is 0 Å². The molecule has 0 aliphatic carbocycles. The molecule has 3 aromatic carbocycles. The molecule has 0 spiro atoms. The maximum Gasteiger partial charge on any atom is 0.323 e. The number of rotatable bonds is 5. The second-order valence-corrected chi connectivity index (χ2v) is 8.68. The Balaban J connectivity index is 1.44. The standard InChI is InChI=1S/C25H26N2O2S/c1-18-11-12-22(15-19(18)2)26-25(28)27-13-14-30-24(27)21-9-6-10-23(16-21)29-17-20-7-4-3-5-8-20/h3-12,15-16,24H,13-14,17H2,1-2H3,(H,26,28)/t24-/m1/s1. The Morgan fingerprint density at radius 2 is 1.87 bits per heavy atom. The Morgan fingerprint density at radius 1 is 1.03 bits per heavy atom. The molecule has 3 aromatic rings. The fraction of sp³-hybridized carbons (Fsp3) is 0.240. The molecule has 4 nitrogen and oxygen atoms in total. The lowest BCUT2D eigenvalue weighted by molar-refractivity contribution is 0.214. The average molecular weight is 419 g/mol. The number of ether oxygens (including phenoxy) is 1. The zero-order chi connectivity index (χ0) is 20.9. The number of thioether (sulfide) groups is 1. The SMILES string of the molecule is Cc1ccc(NC(=O)N2CCS[C@@H]2c2cccc(OCc3ccccc3)c2)cc1C. The molecular formula is C25H26N2O2S. The van der Waals surface area contributed by atoms with Gasteiger partial charge in [-0.25, -0.2) is 4.79 Å². The number of nitrogens with zero attached hydrogens (tertiary/aromatic N) is 1. The van der Waals surface area contributed by atoms with Crippen LogP contribution in [-0.2, 0) is 6.61 Å². The lowest BCUT2D eigenvalue weighted by atomic mass is 10.1. The summed E-state index contributed by atoms with van der Waals surface area (Å²) in [5, 5.41) is 3.04. The minimum atomic E-state index is -0.0659. The lowest BCUT2D eigenvalue weighted by Crippen LogP contribution is -2.34. The van der Waals surface area contributed by atoms with E-state index in [9.17, 15) is 4.79 Å². The molecule has 1 saturated heterocycles. The van der Waals surface area contributed by atoms with Crippen molar-refractivity contribution < 1.29 is 9.53 Å². The van der Waals surface area contributed by atoms with E-state index in [2.05, 4.69) is 37.4 Å². The highest BCUT2D eigenvalue weighted by Crippen LogP contribution is 2.39. The summed E-state index contributed by atoms with van der Waals surface area (Å²) in [6, 6.07) is 24.1. The summed E-state index contributed by atoms with van der Waals surface area (Å²) in [7, 11) is 0. The highest BCUT2D eigenvalue weighted by atomic mass is 32.2. The van der Waals surface area contributed by atoms with E-state index in [0.717, 1.165) is 34.9 Å². The van der Waals surface area contributed by atoms with Crippen molar-refractivity contribution in [1.82, 2.24) is 4.90 Å². The second-order valence-electron chi connectivity index (χ2n) is 7.49. The van der Waals surface area contributed by atoms with E-state index in [4.69, 9.17) is 4.74 Å². The second kappa shape index (κ2) is 9.26. The van der Waals surface area contributed by atoms with E-state index in [-0.39, 0.29) is 11.4 Å². The van der Waals surface area contributed by atoms with Gasteiger partial charge in [-0.15, -0.1) is 11.8 Å². The third kappa shape index (κ3) is 4.79. The maximum absolute atomic E-state index is 13.0. The minimum absolute atomic E-state index is 0.0168. The van der Waals surface area contributed by atoms with Crippen LogP contribution >= 0.6 is 11.8 Å². The Kier molecular flexibility index (Phi) is 6.29. The summed E-state index contributed by atoms with van der Waals surface area (Å²) in [4.78, 5) is 14.9. The van der Waals surface area contributed by atoms with E-state index < -0.39 is 0 Å². The van der Waals surface area contributed by atoms with Crippen LogP contribution in [-0.4, -0.2) is 23.2 Å². The predicted molar refractivity (Wildman–Crippen MR) is 124 cm³/mol. The van der Waals surface area contributed by atoms with E-state index in [1.54, 1.807) is 11.8 Å². The van der Waals surface area contributed by atoms with Crippen molar-refractivity contribution in [3.8, 4) is 5.75 Å². The topological polar surface area (TPSA) is 41.6 Å². The van der Waals surface area contributed by atoms with Gasteiger partial charge in [-0.1, -0.05) is 48.5 Å². The summed E-state index contributed by atoms with van der Waals surface area (Å²) in [6.07, 6.45) is 0. The first kappa shape index (κ1) is 20.4. The molecule has 1 N–H and O–H groups in total. The monoisotopic (exact) mass is 418 g/mol. The molecular weight excluding hydrogens is 392 g/mol. The third-order valence-electron chi connectivity index (χ3n) is 5.30. The number of aryl methyl sites for hydroxylation is 2. The first-order valence-electron chi connectivity index (χ1n) is 10.1. The molecule has 2 amide bonds. The first-order valence-corrected chi connectivity index (χ1v) is 11.2. The first-order chi connectivity index (χ1) is 14.6. The van der Waals surface area contributed by atoms with E-state index in [1.165, 1.54) is 11.1 Å². The van der Waals surface area contributed by atoms with Gasteiger partial charge in [0.05, 0.1) is 0 Å². The van der Waals surface area contributed by atoms with Crippen LogP contribution in [0.25, 0.3) is 0 Å². The fourth-order valence-electron chi connectivity index (χ4n) is 3.47. The summed E-state index contributed by atoms with van der Waals surface area (Å²) in [6.45, 7) is 5.38. The summed E-state index contributed by atoms with van der Waals surface area (Å²) < 4.78 is 5.98. The molecule has 0 bridgehead atoms. The minimum Gasteiger partial charge on any atom is -0.489 e. The van der Waals surface area contributed by atoms with E-state index >= 15 is 0 Å². The highest BCUT2D eigenvalue weighted by Gasteiger charge is 2.31. The summed E-state index contributed by atoms with van der Waals surface area (Å²) >= 11 is 1.78. The molecule has 0 aromatic heterocycles.